The molecule has 0 saturated heterocycles. The quantitative estimate of drug-likeness (QED) is 0.728. The van der Waals surface area contributed by atoms with Crippen LogP contribution in [0.4, 0.5) is 5.13 Å². The van der Waals surface area contributed by atoms with Gasteiger partial charge in [0.1, 0.15) is 0 Å². The molecular formula is C7H11N3OS. The van der Waals surface area contributed by atoms with E-state index in [4.69, 9.17) is 0 Å². The van der Waals surface area contributed by atoms with E-state index in [9.17, 15) is 4.79 Å². The predicted octanol–water partition coefficient (Wildman–Crippen LogP) is 0.689. The van der Waals surface area contributed by atoms with Crippen molar-refractivity contribution in [2.45, 2.75) is 13.0 Å². The van der Waals surface area contributed by atoms with Crippen molar-refractivity contribution in [2.75, 3.05) is 12.4 Å². The van der Waals surface area contributed by atoms with Gasteiger partial charge in [0.15, 0.2) is 5.13 Å². The van der Waals surface area contributed by atoms with E-state index in [1.807, 2.05) is 5.38 Å². The Bertz CT molecular complexity index is 247. The van der Waals surface area contributed by atoms with Gasteiger partial charge in [-0.05, 0) is 14.0 Å². The largest absolute Gasteiger partial charge is 0.309 e. The molecule has 0 radical (unpaired) electrons. The number of carbonyl (C=O) groups is 1. The highest BCUT2D eigenvalue weighted by molar-refractivity contribution is 7.13. The van der Waals surface area contributed by atoms with E-state index in [0.29, 0.717) is 5.13 Å². The molecule has 0 fully saturated rings. The van der Waals surface area contributed by atoms with Crippen LogP contribution in [0.5, 0.6) is 0 Å². The molecule has 0 bridgehead atoms. The number of carbonyl (C=O) groups excluding carboxylic acids is 1. The molecule has 0 aliphatic rings. The standard InChI is InChI=1S/C7H11N3OS/c1-5(8-2)6(11)10-7-9-3-4-12-7/h3-5,8H,1-2H3,(H,9,10,11)/t5-/m0/s1. The van der Waals surface area contributed by atoms with Crippen molar-refractivity contribution < 1.29 is 4.79 Å². The fourth-order valence-corrected chi connectivity index (χ4v) is 1.16. The molecule has 0 aliphatic heterocycles. The number of hydrogen-bond donors (Lipinski definition) is 2. The second kappa shape index (κ2) is 4.18. The molecule has 0 unspecified atom stereocenters. The summed E-state index contributed by atoms with van der Waals surface area (Å²) in [7, 11) is 1.74. The molecule has 0 aliphatic carbocycles. The third-order valence-corrected chi connectivity index (χ3v) is 2.18. The van der Waals surface area contributed by atoms with E-state index in [0.717, 1.165) is 0 Å². The van der Waals surface area contributed by atoms with Gasteiger partial charge in [-0.2, -0.15) is 0 Å². The Labute approximate surface area is 75.0 Å². The molecule has 1 heterocycles. The van der Waals surface area contributed by atoms with Crippen LogP contribution in [-0.4, -0.2) is 24.0 Å². The van der Waals surface area contributed by atoms with Crippen molar-refractivity contribution in [1.82, 2.24) is 10.3 Å². The van der Waals surface area contributed by atoms with E-state index < -0.39 is 0 Å². The van der Waals surface area contributed by atoms with Crippen LogP contribution in [0.2, 0.25) is 0 Å². The van der Waals surface area contributed by atoms with Gasteiger partial charge in [0.25, 0.3) is 0 Å². The maximum absolute atomic E-state index is 11.2. The highest BCUT2D eigenvalue weighted by Gasteiger charge is 2.10. The molecule has 4 nitrogen and oxygen atoms in total. The number of hydrogen-bond acceptors (Lipinski definition) is 4. The SMILES string of the molecule is CN[C@@H](C)C(=O)Nc1nccs1. The lowest BCUT2D eigenvalue weighted by atomic mass is 10.3. The van der Waals surface area contributed by atoms with Crippen LogP contribution in [0.1, 0.15) is 6.92 Å². The second-order valence-corrected chi connectivity index (χ2v) is 3.23. The third kappa shape index (κ3) is 2.28. The lowest BCUT2D eigenvalue weighted by molar-refractivity contribution is -0.117. The highest BCUT2D eigenvalue weighted by Crippen LogP contribution is 2.10. The van der Waals surface area contributed by atoms with Gasteiger partial charge < -0.3 is 10.6 Å². The summed E-state index contributed by atoms with van der Waals surface area (Å²) in [5.74, 6) is -0.0625. The van der Waals surface area contributed by atoms with Crippen LogP contribution in [0.15, 0.2) is 11.6 Å². The lowest BCUT2D eigenvalue weighted by Crippen LogP contribution is -2.35. The Morgan fingerprint density at radius 3 is 3.00 bits per heavy atom. The molecule has 0 aromatic carbocycles. The van der Waals surface area contributed by atoms with Crippen LogP contribution in [0.3, 0.4) is 0 Å². The van der Waals surface area contributed by atoms with E-state index in [1.165, 1.54) is 11.3 Å². The number of anilines is 1. The number of amides is 1. The van der Waals surface area contributed by atoms with Crippen molar-refractivity contribution in [3.63, 3.8) is 0 Å². The molecule has 0 spiro atoms. The average molecular weight is 185 g/mol. The first kappa shape index (κ1) is 9.15. The molecular weight excluding hydrogens is 174 g/mol. The monoisotopic (exact) mass is 185 g/mol. The minimum absolute atomic E-state index is 0.0625. The number of nitrogens with zero attached hydrogens (tertiary/aromatic N) is 1. The Balaban J connectivity index is 2.47. The smallest absolute Gasteiger partial charge is 0.242 e. The average Bonchev–Trinajstić information content (AvgIpc) is 2.55. The van der Waals surface area contributed by atoms with Gasteiger partial charge in [-0.1, -0.05) is 0 Å². The summed E-state index contributed by atoms with van der Waals surface area (Å²) in [4.78, 5) is 15.2. The first-order valence-corrected chi connectivity index (χ1v) is 4.49. The zero-order chi connectivity index (χ0) is 8.97. The van der Waals surface area contributed by atoms with E-state index >= 15 is 0 Å². The highest BCUT2D eigenvalue weighted by atomic mass is 32.1. The first-order chi connectivity index (χ1) is 5.74. The molecule has 0 saturated carbocycles. The number of aromatic nitrogens is 1. The molecule has 66 valence electrons. The first-order valence-electron chi connectivity index (χ1n) is 3.61. The topological polar surface area (TPSA) is 54.0 Å². The van der Waals surface area contributed by atoms with Crippen molar-refractivity contribution >= 4 is 22.4 Å². The van der Waals surface area contributed by atoms with Crippen molar-refractivity contribution in [3.05, 3.63) is 11.6 Å². The Morgan fingerprint density at radius 2 is 2.50 bits per heavy atom. The zero-order valence-electron chi connectivity index (χ0n) is 7.00. The molecule has 1 atom stereocenters. The van der Waals surface area contributed by atoms with Crippen molar-refractivity contribution in [2.24, 2.45) is 0 Å². The minimum atomic E-state index is -0.186. The van der Waals surface area contributed by atoms with Gasteiger partial charge in [0, 0.05) is 11.6 Å². The van der Waals surface area contributed by atoms with Crippen molar-refractivity contribution in [1.29, 1.82) is 0 Å². The fourth-order valence-electron chi connectivity index (χ4n) is 0.630. The predicted molar refractivity (Wildman–Crippen MR) is 49.3 cm³/mol. The van der Waals surface area contributed by atoms with Gasteiger partial charge in [-0.25, -0.2) is 4.98 Å². The number of thiazole rings is 1. The van der Waals surface area contributed by atoms with Gasteiger partial charge in [0.05, 0.1) is 6.04 Å². The summed E-state index contributed by atoms with van der Waals surface area (Å²) >= 11 is 1.41. The normalized spacial score (nSPS) is 12.5. The van der Waals surface area contributed by atoms with Crippen LogP contribution >= 0.6 is 11.3 Å². The van der Waals surface area contributed by atoms with Crippen LogP contribution in [0, 0.1) is 0 Å². The maximum Gasteiger partial charge on any atom is 0.242 e. The van der Waals surface area contributed by atoms with Crippen molar-refractivity contribution in [3.8, 4) is 0 Å². The van der Waals surface area contributed by atoms with E-state index in [-0.39, 0.29) is 11.9 Å². The summed E-state index contributed by atoms with van der Waals surface area (Å²) in [5, 5.41) is 7.98. The molecule has 2 N–H and O–H groups in total. The van der Waals surface area contributed by atoms with Crippen LogP contribution in [0.25, 0.3) is 0 Å². The second-order valence-electron chi connectivity index (χ2n) is 2.34. The van der Waals surface area contributed by atoms with Crippen LogP contribution in [-0.2, 0) is 4.79 Å². The molecule has 5 heteroatoms. The number of likely N-dealkylation sites (N-methyl/N-ethyl adjacent to an activating group) is 1. The van der Waals surface area contributed by atoms with E-state index in [1.54, 1.807) is 20.2 Å². The summed E-state index contributed by atoms with van der Waals surface area (Å²) < 4.78 is 0. The summed E-state index contributed by atoms with van der Waals surface area (Å²) in [5.41, 5.74) is 0. The summed E-state index contributed by atoms with van der Waals surface area (Å²) in [6, 6.07) is -0.186. The van der Waals surface area contributed by atoms with Gasteiger partial charge >= 0.3 is 0 Å². The van der Waals surface area contributed by atoms with E-state index in [2.05, 4.69) is 15.6 Å². The molecule has 1 amide bonds. The van der Waals surface area contributed by atoms with Crippen LogP contribution < -0.4 is 10.6 Å². The Hall–Kier alpha value is -0.940. The Morgan fingerprint density at radius 1 is 1.75 bits per heavy atom. The zero-order valence-corrected chi connectivity index (χ0v) is 7.81. The molecule has 12 heavy (non-hydrogen) atoms. The number of nitrogens with one attached hydrogen (secondary N) is 2. The number of rotatable bonds is 3. The van der Waals surface area contributed by atoms with Gasteiger partial charge in [0.2, 0.25) is 5.91 Å². The maximum atomic E-state index is 11.2. The summed E-state index contributed by atoms with van der Waals surface area (Å²) in [6.45, 7) is 1.79. The van der Waals surface area contributed by atoms with Gasteiger partial charge in [-0.15, -0.1) is 11.3 Å². The Kier molecular flexibility index (Phi) is 3.19. The minimum Gasteiger partial charge on any atom is -0.309 e. The van der Waals surface area contributed by atoms with Gasteiger partial charge in [-0.3, -0.25) is 4.79 Å². The molecule has 1 aromatic heterocycles. The lowest BCUT2D eigenvalue weighted by Gasteiger charge is -2.07. The third-order valence-electron chi connectivity index (χ3n) is 1.49. The molecule has 1 rings (SSSR count). The molecule has 1 aromatic rings. The summed E-state index contributed by atoms with van der Waals surface area (Å²) in [6.07, 6.45) is 1.66. The fraction of sp³-hybridized carbons (Fsp3) is 0.429.